The minimum atomic E-state index is -0.373. The Morgan fingerprint density at radius 3 is 2.84 bits per heavy atom. The Balaban J connectivity index is 1.97. The maximum absolute atomic E-state index is 12.7. The molecule has 1 N–H and O–H groups in total. The van der Waals surface area contributed by atoms with Crippen molar-refractivity contribution >= 4 is 33.3 Å². The lowest BCUT2D eigenvalue weighted by Gasteiger charge is -2.10. The van der Waals surface area contributed by atoms with Crippen LogP contribution in [0.3, 0.4) is 0 Å². The normalized spacial score (nSPS) is 11.2. The number of carbonyl (C=O) groups excluding carboxylic acids is 1. The number of hydrogen-bond donors (Lipinski definition) is 1. The first kappa shape index (κ1) is 17.2. The Hall–Kier alpha value is -2.68. The van der Waals surface area contributed by atoms with Crippen LogP contribution >= 0.6 is 11.3 Å². The minimum Gasteiger partial charge on any atom is -0.309 e. The van der Waals surface area contributed by atoms with E-state index in [-0.39, 0.29) is 23.9 Å². The third-order valence-electron chi connectivity index (χ3n) is 3.56. The number of aromatic nitrogens is 5. The van der Waals surface area contributed by atoms with E-state index in [0.717, 1.165) is 17.1 Å². The fourth-order valence-corrected chi connectivity index (χ4v) is 3.31. The summed E-state index contributed by atoms with van der Waals surface area (Å²) in [5, 5.41) is 7.90. The maximum Gasteiger partial charge on any atom is 0.286 e. The zero-order valence-corrected chi connectivity index (χ0v) is 15.0. The molecular formula is C16H18N6O2S. The highest BCUT2D eigenvalue weighted by Gasteiger charge is 2.19. The second-order valence-electron chi connectivity index (χ2n) is 5.78. The smallest absolute Gasteiger partial charge is 0.286 e. The first-order valence-electron chi connectivity index (χ1n) is 7.95. The summed E-state index contributed by atoms with van der Waals surface area (Å²) in [7, 11) is 0. The number of rotatable bonds is 5. The van der Waals surface area contributed by atoms with Gasteiger partial charge in [-0.05, 0) is 18.4 Å². The van der Waals surface area contributed by atoms with Crippen LogP contribution in [0.1, 0.15) is 37.4 Å². The molecule has 8 nitrogen and oxygen atoms in total. The van der Waals surface area contributed by atoms with Crippen LogP contribution in [0.15, 0.2) is 23.4 Å². The van der Waals surface area contributed by atoms with Gasteiger partial charge >= 0.3 is 0 Å². The van der Waals surface area contributed by atoms with Crippen molar-refractivity contribution < 1.29 is 4.79 Å². The highest BCUT2D eigenvalue weighted by Crippen LogP contribution is 2.25. The SMILES string of the molecule is CCc1nc2c(C(C)C)nn(CC(=O)Nc3ccncn3)c(=O)c2s1. The van der Waals surface area contributed by atoms with Crippen LogP contribution in [0.25, 0.3) is 10.2 Å². The topological polar surface area (TPSA) is 103 Å². The van der Waals surface area contributed by atoms with Crippen molar-refractivity contribution in [2.75, 3.05) is 5.32 Å². The lowest BCUT2D eigenvalue weighted by molar-refractivity contribution is -0.117. The molecule has 0 aliphatic carbocycles. The Bertz CT molecular complexity index is 964. The summed E-state index contributed by atoms with van der Waals surface area (Å²) < 4.78 is 1.75. The highest BCUT2D eigenvalue weighted by atomic mass is 32.1. The quantitative estimate of drug-likeness (QED) is 0.748. The van der Waals surface area contributed by atoms with E-state index in [1.807, 2.05) is 20.8 Å². The molecule has 9 heteroatoms. The van der Waals surface area contributed by atoms with Crippen molar-refractivity contribution in [2.45, 2.75) is 39.7 Å². The van der Waals surface area contributed by atoms with Gasteiger partial charge in [-0.2, -0.15) is 5.10 Å². The predicted molar refractivity (Wildman–Crippen MR) is 95.8 cm³/mol. The monoisotopic (exact) mass is 358 g/mol. The molecule has 0 aliphatic rings. The van der Waals surface area contributed by atoms with Crippen LogP contribution in [-0.4, -0.2) is 30.6 Å². The number of aryl methyl sites for hydroxylation is 1. The lowest BCUT2D eigenvalue weighted by Crippen LogP contribution is -2.30. The summed E-state index contributed by atoms with van der Waals surface area (Å²) in [4.78, 5) is 37.2. The van der Waals surface area contributed by atoms with E-state index < -0.39 is 0 Å². The third-order valence-corrected chi connectivity index (χ3v) is 4.75. The minimum absolute atomic E-state index is 0.0890. The van der Waals surface area contributed by atoms with Gasteiger partial charge in [-0.1, -0.05) is 20.8 Å². The van der Waals surface area contributed by atoms with Crippen molar-refractivity contribution in [2.24, 2.45) is 0 Å². The predicted octanol–water partition coefficient (Wildman–Crippen LogP) is 1.97. The van der Waals surface area contributed by atoms with Gasteiger partial charge in [0.05, 0.1) is 10.7 Å². The fourth-order valence-electron chi connectivity index (χ4n) is 2.35. The molecule has 0 saturated carbocycles. The summed E-state index contributed by atoms with van der Waals surface area (Å²) in [6, 6.07) is 1.58. The lowest BCUT2D eigenvalue weighted by atomic mass is 10.1. The van der Waals surface area contributed by atoms with Crippen molar-refractivity contribution in [3.8, 4) is 0 Å². The van der Waals surface area contributed by atoms with Gasteiger partial charge in [0.15, 0.2) is 0 Å². The van der Waals surface area contributed by atoms with Crippen LogP contribution in [0.2, 0.25) is 0 Å². The van der Waals surface area contributed by atoms with E-state index in [1.54, 1.807) is 6.07 Å². The summed E-state index contributed by atoms with van der Waals surface area (Å²) in [5.74, 6) is 0.0953. The van der Waals surface area contributed by atoms with Crippen molar-refractivity contribution in [1.82, 2.24) is 24.7 Å². The summed E-state index contributed by atoms with van der Waals surface area (Å²) in [6.45, 7) is 5.79. The average Bonchev–Trinajstić information content (AvgIpc) is 3.02. The second-order valence-corrected chi connectivity index (χ2v) is 6.87. The molecule has 0 saturated heterocycles. The Kier molecular flexibility index (Phi) is 4.84. The molecule has 0 radical (unpaired) electrons. The fraction of sp³-hybridized carbons (Fsp3) is 0.375. The molecule has 0 aliphatic heterocycles. The van der Waals surface area contributed by atoms with Gasteiger partial charge in [0, 0.05) is 6.20 Å². The van der Waals surface area contributed by atoms with Gasteiger partial charge in [-0.25, -0.2) is 19.6 Å². The molecule has 0 bridgehead atoms. The van der Waals surface area contributed by atoms with Gasteiger partial charge in [-0.15, -0.1) is 11.3 Å². The molecule has 3 heterocycles. The largest absolute Gasteiger partial charge is 0.309 e. The molecule has 3 aromatic heterocycles. The highest BCUT2D eigenvalue weighted by molar-refractivity contribution is 7.18. The molecule has 130 valence electrons. The third kappa shape index (κ3) is 3.55. The summed E-state index contributed by atoms with van der Waals surface area (Å²) in [5.41, 5.74) is 1.07. The van der Waals surface area contributed by atoms with E-state index in [1.165, 1.54) is 28.5 Å². The number of nitrogens with zero attached hydrogens (tertiary/aromatic N) is 5. The van der Waals surface area contributed by atoms with E-state index in [4.69, 9.17) is 0 Å². The van der Waals surface area contributed by atoms with Crippen LogP contribution in [0.5, 0.6) is 0 Å². The average molecular weight is 358 g/mol. The maximum atomic E-state index is 12.7. The van der Waals surface area contributed by atoms with Gasteiger partial charge in [0.2, 0.25) is 5.91 Å². The van der Waals surface area contributed by atoms with Crippen molar-refractivity contribution in [3.05, 3.63) is 39.6 Å². The molecule has 25 heavy (non-hydrogen) atoms. The Labute approximate surface area is 148 Å². The van der Waals surface area contributed by atoms with Gasteiger partial charge in [0.25, 0.3) is 5.56 Å². The number of anilines is 1. The first-order chi connectivity index (χ1) is 12.0. The van der Waals surface area contributed by atoms with Gasteiger partial charge in [0.1, 0.15) is 28.9 Å². The molecule has 0 atom stereocenters. The molecule has 0 unspecified atom stereocenters. The van der Waals surface area contributed by atoms with Crippen LogP contribution in [0.4, 0.5) is 5.82 Å². The molecule has 0 spiro atoms. The number of nitrogens with one attached hydrogen (secondary N) is 1. The number of hydrogen-bond acceptors (Lipinski definition) is 7. The summed E-state index contributed by atoms with van der Waals surface area (Å²) >= 11 is 1.36. The number of fused-ring (bicyclic) bond motifs is 1. The Morgan fingerprint density at radius 1 is 1.40 bits per heavy atom. The number of carbonyl (C=O) groups is 1. The van der Waals surface area contributed by atoms with E-state index in [0.29, 0.717) is 16.0 Å². The molecule has 3 aromatic rings. The first-order valence-corrected chi connectivity index (χ1v) is 8.77. The molecule has 0 aromatic carbocycles. The Morgan fingerprint density at radius 2 is 2.20 bits per heavy atom. The molecule has 1 amide bonds. The van der Waals surface area contributed by atoms with Crippen molar-refractivity contribution in [1.29, 1.82) is 0 Å². The summed E-state index contributed by atoms with van der Waals surface area (Å²) in [6.07, 6.45) is 3.62. The van der Waals surface area contributed by atoms with Crippen LogP contribution < -0.4 is 10.9 Å². The molecule has 3 rings (SSSR count). The van der Waals surface area contributed by atoms with Crippen LogP contribution in [-0.2, 0) is 17.8 Å². The zero-order chi connectivity index (χ0) is 18.0. The van der Waals surface area contributed by atoms with E-state index >= 15 is 0 Å². The van der Waals surface area contributed by atoms with E-state index in [9.17, 15) is 9.59 Å². The zero-order valence-electron chi connectivity index (χ0n) is 14.2. The van der Waals surface area contributed by atoms with Crippen molar-refractivity contribution in [3.63, 3.8) is 0 Å². The number of amides is 1. The molecular weight excluding hydrogens is 340 g/mol. The van der Waals surface area contributed by atoms with Crippen LogP contribution in [0, 0.1) is 0 Å². The van der Waals surface area contributed by atoms with Gasteiger partial charge < -0.3 is 5.32 Å². The number of thiazole rings is 1. The van der Waals surface area contributed by atoms with Gasteiger partial charge in [-0.3, -0.25) is 9.59 Å². The molecule has 0 fully saturated rings. The standard InChI is InChI=1S/C16H18N6O2S/c1-4-12-20-14-13(9(2)3)21-22(16(24)15(14)25-12)7-11(23)19-10-5-6-17-8-18-10/h5-6,8-9H,4,7H2,1-3H3,(H,17,18,19,23). The second kappa shape index (κ2) is 7.06. The van der Waals surface area contributed by atoms with E-state index in [2.05, 4.69) is 25.4 Å².